The van der Waals surface area contributed by atoms with Gasteiger partial charge in [-0.2, -0.15) is 0 Å². The number of ether oxygens (including phenoxy) is 1. The molecule has 1 heterocycles. The van der Waals surface area contributed by atoms with Crippen LogP contribution in [0.25, 0.3) is 0 Å². The van der Waals surface area contributed by atoms with E-state index in [-0.39, 0.29) is 12.5 Å². The molecule has 2 rings (SSSR count). The normalized spacial score (nSPS) is 17.4. The second-order valence-corrected chi connectivity index (χ2v) is 4.95. The van der Waals surface area contributed by atoms with E-state index in [2.05, 4.69) is 17.2 Å². The first-order chi connectivity index (χ1) is 9.70. The van der Waals surface area contributed by atoms with Crippen molar-refractivity contribution in [2.24, 2.45) is 5.92 Å². The Morgan fingerprint density at radius 1 is 1.55 bits per heavy atom. The van der Waals surface area contributed by atoms with E-state index in [9.17, 15) is 4.79 Å². The summed E-state index contributed by atoms with van der Waals surface area (Å²) in [7, 11) is 0. The summed E-state index contributed by atoms with van der Waals surface area (Å²) in [6.07, 6.45) is 0.991. The van der Waals surface area contributed by atoms with E-state index in [4.69, 9.17) is 9.84 Å². The highest BCUT2D eigenvalue weighted by atomic mass is 16.5. The topological polar surface area (TPSA) is 58.6 Å². The Balaban J connectivity index is 2.08. The van der Waals surface area contributed by atoms with Crippen LogP contribution in [0, 0.1) is 24.7 Å². The molecule has 4 nitrogen and oxygen atoms in total. The van der Waals surface area contributed by atoms with Gasteiger partial charge in [0.2, 0.25) is 0 Å². The third-order valence-corrected chi connectivity index (χ3v) is 3.30. The summed E-state index contributed by atoms with van der Waals surface area (Å²) in [5.41, 5.74) is 2.21. The summed E-state index contributed by atoms with van der Waals surface area (Å²) < 4.78 is 5.29. The molecule has 1 unspecified atom stereocenters. The maximum atomic E-state index is 12.3. The Morgan fingerprint density at radius 2 is 2.40 bits per heavy atom. The Morgan fingerprint density at radius 3 is 3.10 bits per heavy atom. The quantitative estimate of drug-likeness (QED) is 0.811. The van der Waals surface area contributed by atoms with Crippen LogP contribution in [0.4, 0.5) is 0 Å². The molecule has 1 fully saturated rings. The molecule has 1 atom stereocenters. The number of hydrogen-bond donors (Lipinski definition) is 2. The number of aryl methyl sites for hydroxylation is 1. The lowest BCUT2D eigenvalue weighted by Gasteiger charge is -2.11. The van der Waals surface area contributed by atoms with Crippen LogP contribution in [0.5, 0.6) is 0 Å². The van der Waals surface area contributed by atoms with E-state index in [1.54, 1.807) is 0 Å². The number of aliphatic hydroxyl groups excluding tert-OH is 1. The highest BCUT2D eigenvalue weighted by Crippen LogP contribution is 2.13. The third-order valence-electron chi connectivity index (χ3n) is 3.30. The zero-order valence-electron chi connectivity index (χ0n) is 11.6. The summed E-state index contributed by atoms with van der Waals surface area (Å²) in [6, 6.07) is 5.54. The van der Waals surface area contributed by atoms with E-state index in [0.717, 1.165) is 18.6 Å². The number of carbonyl (C=O) groups excluding carboxylic acids is 1. The molecule has 4 heteroatoms. The van der Waals surface area contributed by atoms with Crippen LogP contribution in [0.1, 0.15) is 27.9 Å². The Hall–Kier alpha value is -1.83. The Bertz CT molecular complexity index is 536. The van der Waals surface area contributed by atoms with Gasteiger partial charge < -0.3 is 15.2 Å². The van der Waals surface area contributed by atoms with Crippen molar-refractivity contribution < 1.29 is 14.6 Å². The second-order valence-electron chi connectivity index (χ2n) is 4.95. The van der Waals surface area contributed by atoms with E-state index >= 15 is 0 Å². The number of hydrogen-bond acceptors (Lipinski definition) is 3. The minimum atomic E-state index is -0.214. The molecule has 1 aromatic carbocycles. The summed E-state index contributed by atoms with van der Waals surface area (Å²) in [5.74, 6) is 5.67. The smallest absolute Gasteiger partial charge is 0.252 e. The van der Waals surface area contributed by atoms with Gasteiger partial charge in [0.25, 0.3) is 5.91 Å². The predicted octanol–water partition coefficient (Wildman–Crippen LogP) is 1.11. The Labute approximate surface area is 119 Å². The van der Waals surface area contributed by atoms with Crippen molar-refractivity contribution in [2.45, 2.75) is 13.3 Å². The minimum Gasteiger partial charge on any atom is -0.384 e. The lowest BCUT2D eigenvalue weighted by atomic mass is 10.0. The molecule has 1 aliphatic rings. The van der Waals surface area contributed by atoms with Gasteiger partial charge in [0.05, 0.1) is 12.2 Å². The summed E-state index contributed by atoms with van der Waals surface area (Å²) >= 11 is 0. The second kappa shape index (κ2) is 7.09. The van der Waals surface area contributed by atoms with Gasteiger partial charge in [-0.15, -0.1) is 0 Å². The lowest BCUT2D eigenvalue weighted by Crippen LogP contribution is -2.30. The van der Waals surface area contributed by atoms with E-state index in [0.29, 0.717) is 30.2 Å². The van der Waals surface area contributed by atoms with E-state index in [1.165, 1.54) is 0 Å². The first-order valence-electron chi connectivity index (χ1n) is 6.77. The lowest BCUT2D eigenvalue weighted by molar-refractivity contribution is 0.0944. The van der Waals surface area contributed by atoms with E-state index < -0.39 is 0 Å². The number of benzene rings is 1. The van der Waals surface area contributed by atoms with Crippen LogP contribution in [-0.2, 0) is 4.74 Å². The zero-order valence-corrected chi connectivity index (χ0v) is 11.6. The minimum absolute atomic E-state index is 0.122. The fourth-order valence-electron chi connectivity index (χ4n) is 2.17. The molecular formula is C16H19NO3. The number of aliphatic hydroxyl groups is 1. The molecule has 106 valence electrons. The molecule has 1 aromatic rings. The molecule has 1 saturated heterocycles. The first-order valence-corrected chi connectivity index (χ1v) is 6.77. The van der Waals surface area contributed by atoms with Gasteiger partial charge in [-0.1, -0.05) is 23.5 Å². The van der Waals surface area contributed by atoms with Gasteiger partial charge in [-0.25, -0.2) is 0 Å². The fraction of sp³-hybridized carbons (Fsp3) is 0.438. The first kappa shape index (κ1) is 14.6. The average molecular weight is 273 g/mol. The molecule has 20 heavy (non-hydrogen) atoms. The van der Waals surface area contributed by atoms with Crippen molar-refractivity contribution in [3.63, 3.8) is 0 Å². The fourth-order valence-corrected chi connectivity index (χ4v) is 2.17. The molecule has 0 saturated carbocycles. The molecule has 1 amide bonds. The van der Waals surface area contributed by atoms with Gasteiger partial charge in [-0.05, 0) is 25.5 Å². The van der Waals surface area contributed by atoms with Crippen LogP contribution in [-0.4, -0.2) is 37.4 Å². The number of amides is 1. The van der Waals surface area contributed by atoms with Crippen molar-refractivity contribution in [2.75, 3.05) is 26.4 Å². The molecule has 1 aliphatic heterocycles. The summed E-state index contributed by atoms with van der Waals surface area (Å²) in [5, 5.41) is 11.7. The van der Waals surface area contributed by atoms with Crippen molar-refractivity contribution in [3.05, 3.63) is 34.9 Å². The van der Waals surface area contributed by atoms with E-state index in [1.807, 2.05) is 25.1 Å². The summed E-state index contributed by atoms with van der Waals surface area (Å²) in [6.45, 7) is 3.84. The van der Waals surface area contributed by atoms with Gasteiger partial charge in [0, 0.05) is 24.6 Å². The van der Waals surface area contributed by atoms with Crippen LogP contribution in [0.2, 0.25) is 0 Å². The monoisotopic (exact) mass is 273 g/mol. The maximum absolute atomic E-state index is 12.3. The van der Waals surface area contributed by atoms with Crippen molar-refractivity contribution in [3.8, 4) is 11.8 Å². The predicted molar refractivity (Wildman–Crippen MR) is 76.4 cm³/mol. The van der Waals surface area contributed by atoms with Crippen LogP contribution < -0.4 is 5.32 Å². The number of carbonyl (C=O) groups is 1. The number of rotatable bonds is 3. The highest BCUT2D eigenvalue weighted by Gasteiger charge is 2.17. The summed E-state index contributed by atoms with van der Waals surface area (Å²) in [4.78, 5) is 12.3. The molecule has 0 aliphatic carbocycles. The number of nitrogens with one attached hydrogen (secondary N) is 1. The molecular weight excluding hydrogens is 254 g/mol. The van der Waals surface area contributed by atoms with Crippen LogP contribution in [0.3, 0.4) is 0 Å². The van der Waals surface area contributed by atoms with Crippen molar-refractivity contribution >= 4 is 5.91 Å². The van der Waals surface area contributed by atoms with Gasteiger partial charge in [0.15, 0.2) is 0 Å². The van der Waals surface area contributed by atoms with Gasteiger partial charge in [-0.3, -0.25) is 4.79 Å². The van der Waals surface area contributed by atoms with Crippen LogP contribution >= 0.6 is 0 Å². The molecule has 2 N–H and O–H groups in total. The zero-order chi connectivity index (χ0) is 14.4. The molecule has 0 radical (unpaired) electrons. The Kier molecular flexibility index (Phi) is 5.16. The van der Waals surface area contributed by atoms with Gasteiger partial charge in [0.1, 0.15) is 6.61 Å². The molecule has 0 aromatic heterocycles. The largest absolute Gasteiger partial charge is 0.384 e. The standard InChI is InChI=1S/C16H19NO3/c1-12-4-5-14(3-2-7-18)15(9-12)16(19)17-10-13-6-8-20-11-13/h4-5,9,13,18H,6-8,10-11H2,1H3,(H,17,19). The van der Waals surface area contributed by atoms with Crippen molar-refractivity contribution in [1.82, 2.24) is 5.32 Å². The maximum Gasteiger partial charge on any atom is 0.252 e. The molecule has 0 bridgehead atoms. The highest BCUT2D eigenvalue weighted by molar-refractivity contribution is 5.96. The molecule has 0 spiro atoms. The van der Waals surface area contributed by atoms with Gasteiger partial charge >= 0.3 is 0 Å². The van der Waals surface area contributed by atoms with Crippen molar-refractivity contribution in [1.29, 1.82) is 0 Å². The average Bonchev–Trinajstić information content (AvgIpc) is 2.96. The third kappa shape index (κ3) is 3.83. The SMILES string of the molecule is Cc1ccc(C#CCO)c(C(=O)NCC2CCOC2)c1. The van der Waals surface area contributed by atoms with Crippen LogP contribution in [0.15, 0.2) is 18.2 Å².